The topological polar surface area (TPSA) is 50.3 Å². The minimum Gasteiger partial charge on any atom is -0.377 e. The van der Waals surface area contributed by atoms with Gasteiger partial charge in [0.05, 0.1) is 0 Å². The Labute approximate surface area is 107 Å². The molecule has 0 radical (unpaired) electrons. The van der Waals surface area contributed by atoms with Crippen molar-refractivity contribution in [3.8, 4) is 0 Å². The van der Waals surface area contributed by atoms with Gasteiger partial charge in [0.2, 0.25) is 0 Å². The van der Waals surface area contributed by atoms with Gasteiger partial charge in [0.25, 0.3) is 0 Å². The zero-order valence-electron chi connectivity index (χ0n) is 10.5. The van der Waals surface area contributed by atoms with Gasteiger partial charge >= 0.3 is 0 Å². The lowest BCUT2D eigenvalue weighted by Gasteiger charge is -2.10. The van der Waals surface area contributed by atoms with Crippen molar-refractivity contribution in [3.05, 3.63) is 17.0 Å². The summed E-state index contributed by atoms with van der Waals surface area (Å²) in [7, 11) is 5.71. The van der Waals surface area contributed by atoms with Crippen molar-refractivity contribution in [2.45, 2.75) is 13.0 Å². The van der Waals surface area contributed by atoms with Crippen LogP contribution in [-0.4, -0.2) is 49.2 Å². The molecule has 17 heavy (non-hydrogen) atoms. The van der Waals surface area contributed by atoms with Crippen LogP contribution in [0, 0.1) is 0 Å². The maximum Gasteiger partial charge on any atom is 0.158 e. The van der Waals surface area contributed by atoms with Crippen molar-refractivity contribution in [1.29, 1.82) is 0 Å². The van der Waals surface area contributed by atoms with Crippen LogP contribution in [0.1, 0.15) is 12.2 Å². The average molecular weight is 259 g/mol. The highest BCUT2D eigenvalue weighted by atomic mass is 35.5. The minimum atomic E-state index is 0.368. The summed E-state index contributed by atoms with van der Waals surface area (Å²) >= 11 is 5.89. The Morgan fingerprint density at radius 1 is 1.41 bits per heavy atom. The predicted molar refractivity (Wildman–Crippen MR) is 69.4 cm³/mol. The SMILES string of the molecule is COCc1nc(Cl)cc(NCCCN(C)C)n1. The number of hydrogen-bond donors (Lipinski definition) is 1. The largest absolute Gasteiger partial charge is 0.377 e. The summed E-state index contributed by atoms with van der Waals surface area (Å²) in [6.45, 7) is 2.27. The zero-order valence-corrected chi connectivity index (χ0v) is 11.3. The second-order valence-electron chi connectivity index (χ2n) is 4.01. The van der Waals surface area contributed by atoms with E-state index >= 15 is 0 Å². The van der Waals surface area contributed by atoms with E-state index in [9.17, 15) is 0 Å². The lowest BCUT2D eigenvalue weighted by atomic mass is 10.4. The molecule has 5 nitrogen and oxygen atoms in total. The summed E-state index contributed by atoms with van der Waals surface area (Å²) in [5.41, 5.74) is 0. The van der Waals surface area contributed by atoms with Gasteiger partial charge in [-0.1, -0.05) is 11.6 Å². The standard InChI is InChI=1S/C11H19ClN4O/c1-16(2)6-4-5-13-10-7-9(12)14-11(15-10)8-17-3/h7H,4-6,8H2,1-3H3,(H,13,14,15). The average Bonchev–Trinajstić information content (AvgIpc) is 2.24. The zero-order chi connectivity index (χ0) is 12.7. The van der Waals surface area contributed by atoms with E-state index in [2.05, 4.69) is 34.3 Å². The molecule has 0 fully saturated rings. The van der Waals surface area contributed by atoms with Crippen LogP contribution in [0.5, 0.6) is 0 Å². The van der Waals surface area contributed by atoms with Gasteiger partial charge < -0.3 is 15.0 Å². The first kappa shape index (κ1) is 14.2. The maximum absolute atomic E-state index is 5.89. The Hall–Kier alpha value is -0.910. The lowest BCUT2D eigenvalue weighted by molar-refractivity contribution is 0.178. The molecule has 0 aliphatic rings. The summed E-state index contributed by atoms with van der Waals surface area (Å²) in [5, 5.41) is 3.65. The second kappa shape index (κ2) is 7.42. The van der Waals surface area contributed by atoms with Gasteiger partial charge in [-0.05, 0) is 27.1 Å². The van der Waals surface area contributed by atoms with E-state index in [0.717, 1.165) is 25.3 Å². The Bertz CT molecular complexity index is 346. The monoisotopic (exact) mass is 258 g/mol. The Morgan fingerprint density at radius 3 is 2.82 bits per heavy atom. The molecule has 0 spiro atoms. The number of halogens is 1. The van der Waals surface area contributed by atoms with Crippen LogP contribution in [0.2, 0.25) is 5.15 Å². The van der Waals surface area contributed by atoms with Gasteiger partial charge in [-0.3, -0.25) is 0 Å². The molecular formula is C11H19ClN4O. The second-order valence-corrected chi connectivity index (χ2v) is 4.40. The first-order valence-electron chi connectivity index (χ1n) is 5.53. The quantitative estimate of drug-likeness (QED) is 0.595. The summed E-state index contributed by atoms with van der Waals surface area (Å²) in [6, 6.07) is 1.72. The highest BCUT2D eigenvalue weighted by Gasteiger charge is 2.02. The van der Waals surface area contributed by atoms with Crippen molar-refractivity contribution in [2.75, 3.05) is 39.6 Å². The Balaban J connectivity index is 2.46. The fraction of sp³-hybridized carbons (Fsp3) is 0.636. The number of ether oxygens (including phenoxy) is 1. The third-order valence-electron chi connectivity index (χ3n) is 2.10. The van der Waals surface area contributed by atoms with Crippen LogP contribution in [0.3, 0.4) is 0 Å². The van der Waals surface area contributed by atoms with Crippen LogP contribution in [-0.2, 0) is 11.3 Å². The van der Waals surface area contributed by atoms with E-state index in [1.807, 2.05) is 0 Å². The molecule has 0 aliphatic heterocycles. The van der Waals surface area contributed by atoms with Gasteiger partial charge in [-0.15, -0.1) is 0 Å². The highest BCUT2D eigenvalue weighted by Crippen LogP contribution is 2.11. The first-order valence-corrected chi connectivity index (χ1v) is 5.90. The number of hydrogen-bond acceptors (Lipinski definition) is 5. The molecule has 0 aliphatic carbocycles. The molecule has 0 saturated heterocycles. The molecule has 96 valence electrons. The van der Waals surface area contributed by atoms with E-state index in [4.69, 9.17) is 16.3 Å². The number of methoxy groups -OCH3 is 1. The number of rotatable bonds is 7. The van der Waals surface area contributed by atoms with E-state index in [1.54, 1.807) is 13.2 Å². The van der Waals surface area contributed by atoms with Crippen molar-refractivity contribution in [3.63, 3.8) is 0 Å². The number of nitrogens with one attached hydrogen (secondary N) is 1. The maximum atomic E-state index is 5.89. The molecule has 6 heteroatoms. The van der Waals surface area contributed by atoms with Crippen molar-refractivity contribution < 1.29 is 4.74 Å². The van der Waals surface area contributed by atoms with Crippen molar-refractivity contribution in [1.82, 2.24) is 14.9 Å². The van der Waals surface area contributed by atoms with Crippen LogP contribution in [0.15, 0.2) is 6.07 Å². The molecule has 0 bridgehead atoms. The molecule has 0 amide bonds. The third kappa shape index (κ3) is 5.81. The first-order chi connectivity index (χ1) is 8.11. The van der Waals surface area contributed by atoms with Crippen LogP contribution >= 0.6 is 11.6 Å². The number of nitrogens with zero attached hydrogens (tertiary/aromatic N) is 3. The molecule has 0 saturated carbocycles. The molecular weight excluding hydrogens is 240 g/mol. The molecule has 1 aromatic heterocycles. The highest BCUT2D eigenvalue weighted by molar-refractivity contribution is 6.29. The molecule has 1 heterocycles. The summed E-state index contributed by atoms with van der Waals surface area (Å²) in [5.74, 6) is 1.34. The fourth-order valence-electron chi connectivity index (χ4n) is 1.36. The van der Waals surface area contributed by atoms with Crippen molar-refractivity contribution in [2.24, 2.45) is 0 Å². The van der Waals surface area contributed by atoms with E-state index < -0.39 is 0 Å². The molecule has 1 N–H and O–H groups in total. The molecule has 0 unspecified atom stereocenters. The van der Waals surface area contributed by atoms with Crippen LogP contribution in [0.4, 0.5) is 5.82 Å². The van der Waals surface area contributed by atoms with E-state index in [1.165, 1.54) is 0 Å². The van der Waals surface area contributed by atoms with E-state index in [0.29, 0.717) is 17.6 Å². The Kier molecular flexibility index (Phi) is 6.18. The molecule has 0 aromatic carbocycles. The normalized spacial score (nSPS) is 10.9. The third-order valence-corrected chi connectivity index (χ3v) is 2.30. The molecule has 1 aromatic rings. The molecule has 0 atom stereocenters. The van der Waals surface area contributed by atoms with Gasteiger partial charge in [-0.25, -0.2) is 9.97 Å². The number of aromatic nitrogens is 2. The van der Waals surface area contributed by atoms with Gasteiger partial charge in [-0.2, -0.15) is 0 Å². The van der Waals surface area contributed by atoms with Gasteiger partial charge in [0.15, 0.2) is 5.82 Å². The van der Waals surface area contributed by atoms with Gasteiger partial charge in [0.1, 0.15) is 17.6 Å². The minimum absolute atomic E-state index is 0.368. The van der Waals surface area contributed by atoms with Crippen molar-refractivity contribution >= 4 is 17.4 Å². The predicted octanol–water partition coefficient (Wildman–Crippen LogP) is 1.64. The van der Waals surface area contributed by atoms with Gasteiger partial charge in [0, 0.05) is 19.7 Å². The van der Waals surface area contributed by atoms with Crippen LogP contribution < -0.4 is 5.32 Å². The fourth-order valence-corrected chi connectivity index (χ4v) is 1.56. The summed E-state index contributed by atoms with van der Waals surface area (Å²) in [4.78, 5) is 10.5. The molecule has 1 rings (SSSR count). The summed E-state index contributed by atoms with van der Waals surface area (Å²) < 4.78 is 4.98. The Morgan fingerprint density at radius 2 is 2.18 bits per heavy atom. The number of anilines is 1. The summed E-state index contributed by atoms with van der Waals surface area (Å²) in [6.07, 6.45) is 1.05. The van der Waals surface area contributed by atoms with Crippen LogP contribution in [0.25, 0.3) is 0 Å². The smallest absolute Gasteiger partial charge is 0.158 e. The van der Waals surface area contributed by atoms with E-state index in [-0.39, 0.29) is 0 Å². The lowest BCUT2D eigenvalue weighted by Crippen LogP contribution is -2.17.